The SMILES string of the molecule is CC(CCC(=O)O)Nc1ccccc1-c1ccccc1. The Kier molecular flexibility index (Phi) is 4.77. The van der Waals surface area contributed by atoms with Gasteiger partial charge in [0, 0.05) is 23.7 Å². The normalized spacial score (nSPS) is 11.8. The summed E-state index contributed by atoms with van der Waals surface area (Å²) in [6.45, 7) is 2.00. The number of hydrogen-bond acceptors (Lipinski definition) is 2. The van der Waals surface area contributed by atoms with Gasteiger partial charge in [-0.2, -0.15) is 0 Å². The van der Waals surface area contributed by atoms with E-state index in [1.807, 2.05) is 43.3 Å². The Morgan fingerprint density at radius 2 is 1.75 bits per heavy atom. The molecule has 0 amide bonds. The van der Waals surface area contributed by atoms with E-state index < -0.39 is 5.97 Å². The van der Waals surface area contributed by atoms with Crippen LogP contribution in [0.25, 0.3) is 11.1 Å². The summed E-state index contributed by atoms with van der Waals surface area (Å²) in [5.41, 5.74) is 3.33. The number of rotatable bonds is 6. The second-order valence-electron chi connectivity index (χ2n) is 4.89. The van der Waals surface area contributed by atoms with Gasteiger partial charge in [-0.05, 0) is 25.0 Å². The van der Waals surface area contributed by atoms with E-state index in [1.54, 1.807) is 0 Å². The zero-order chi connectivity index (χ0) is 14.4. The van der Waals surface area contributed by atoms with E-state index >= 15 is 0 Å². The fourth-order valence-corrected chi connectivity index (χ4v) is 2.16. The molecule has 1 atom stereocenters. The maximum Gasteiger partial charge on any atom is 0.303 e. The Labute approximate surface area is 119 Å². The maximum absolute atomic E-state index is 10.6. The number of carbonyl (C=O) groups is 1. The zero-order valence-electron chi connectivity index (χ0n) is 11.5. The van der Waals surface area contributed by atoms with E-state index in [9.17, 15) is 4.79 Å². The number of carboxylic acid groups (broad SMARTS) is 1. The highest BCUT2D eigenvalue weighted by molar-refractivity contribution is 5.78. The third-order valence-corrected chi connectivity index (χ3v) is 3.20. The second kappa shape index (κ2) is 6.75. The monoisotopic (exact) mass is 269 g/mol. The van der Waals surface area contributed by atoms with Crippen LogP contribution in [0.3, 0.4) is 0 Å². The molecule has 0 radical (unpaired) electrons. The Morgan fingerprint density at radius 3 is 2.45 bits per heavy atom. The van der Waals surface area contributed by atoms with Crippen LogP contribution >= 0.6 is 0 Å². The number of aliphatic carboxylic acids is 1. The second-order valence-corrected chi connectivity index (χ2v) is 4.89. The molecule has 2 aromatic carbocycles. The molecule has 1 unspecified atom stereocenters. The van der Waals surface area contributed by atoms with Gasteiger partial charge >= 0.3 is 5.97 Å². The maximum atomic E-state index is 10.6. The van der Waals surface area contributed by atoms with Crippen LogP contribution in [0.5, 0.6) is 0 Å². The summed E-state index contributed by atoms with van der Waals surface area (Å²) >= 11 is 0. The van der Waals surface area contributed by atoms with Gasteiger partial charge in [-0.3, -0.25) is 4.79 Å². The van der Waals surface area contributed by atoms with Gasteiger partial charge in [0.05, 0.1) is 0 Å². The highest BCUT2D eigenvalue weighted by Gasteiger charge is 2.09. The highest BCUT2D eigenvalue weighted by atomic mass is 16.4. The highest BCUT2D eigenvalue weighted by Crippen LogP contribution is 2.28. The van der Waals surface area contributed by atoms with Crippen molar-refractivity contribution >= 4 is 11.7 Å². The van der Waals surface area contributed by atoms with E-state index in [4.69, 9.17) is 5.11 Å². The molecular formula is C17H19NO2. The lowest BCUT2D eigenvalue weighted by Gasteiger charge is -2.17. The van der Waals surface area contributed by atoms with Crippen molar-refractivity contribution in [3.05, 3.63) is 54.6 Å². The molecule has 0 aliphatic heterocycles. The molecule has 3 nitrogen and oxygen atoms in total. The van der Waals surface area contributed by atoms with Crippen LogP contribution in [0.4, 0.5) is 5.69 Å². The molecule has 0 heterocycles. The molecule has 0 spiro atoms. The summed E-state index contributed by atoms with van der Waals surface area (Å²) in [6, 6.07) is 18.4. The summed E-state index contributed by atoms with van der Waals surface area (Å²) in [5.74, 6) is -0.755. The first-order valence-corrected chi connectivity index (χ1v) is 6.79. The molecule has 3 heteroatoms. The van der Waals surface area contributed by atoms with Crippen LogP contribution in [-0.2, 0) is 4.79 Å². The predicted octanol–water partition coefficient (Wildman–Crippen LogP) is 4.02. The molecule has 0 saturated carbocycles. The average molecular weight is 269 g/mol. The Morgan fingerprint density at radius 1 is 1.10 bits per heavy atom. The lowest BCUT2D eigenvalue weighted by Crippen LogP contribution is -2.17. The largest absolute Gasteiger partial charge is 0.481 e. The van der Waals surface area contributed by atoms with Crippen LogP contribution in [0.15, 0.2) is 54.6 Å². The van der Waals surface area contributed by atoms with Gasteiger partial charge in [0.1, 0.15) is 0 Å². The van der Waals surface area contributed by atoms with Crippen LogP contribution in [0.2, 0.25) is 0 Å². The average Bonchev–Trinajstić information content (AvgIpc) is 2.47. The smallest absolute Gasteiger partial charge is 0.303 e. The van der Waals surface area contributed by atoms with Gasteiger partial charge in [0.25, 0.3) is 0 Å². The molecule has 0 saturated heterocycles. The van der Waals surface area contributed by atoms with Crippen molar-refractivity contribution in [3.63, 3.8) is 0 Å². The van der Waals surface area contributed by atoms with Crippen molar-refractivity contribution in [2.75, 3.05) is 5.32 Å². The fraction of sp³-hybridized carbons (Fsp3) is 0.235. The van der Waals surface area contributed by atoms with E-state index in [1.165, 1.54) is 0 Å². The first-order chi connectivity index (χ1) is 9.66. The van der Waals surface area contributed by atoms with Crippen molar-refractivity contribution < 1.29 is 9.90 Å². The van der Waals surface area contributed by atoms with Crippen LogP contribution in [0.1, 0.15) is 19.8 Å². The molecule has 104 valence electrons. The molecular weight excluding hydrogens is 250 g/mol. The van der Waals surface area contributed by atoms with Crippen molar-refractivity contribution in [1.29, 1.82) is 0 Å². The van der Waals surface area contributed by atoms with Crippen molar-refractivity contribution in [2.45, 2.75) is 25.8 Å². The standard InChI is InChI=1S/C17H19NO2/c1-13(11-12-17(19)20)18-16-10-6-5-9-15(16)14-7-3-2-4-8-14/h2-10,13,18H,11-12H2,1H3,(H,19,20). The minimum absolute atomic E-state index is 0.121. The Hall–Kier alpha value is -2.29. The molecule has 0 bridgehead atoms. The summed E-state index contributed by atoms with van der Waals surface area (Å²) in [5, 5.41) is 12.1. The lowest BCUT2D eigenvalue weighted by atomic mass is 10.0. The van der Waals surface area contributed by atoms with Crippen molar-refractivity contribution in [2.24, 2.45) is 0 Å². The quantitative estimate of drug-likeness (QED) is 0.832. The predicted molar refractivity (Wildman–Crippen MR) is 81.8 cm³/mol. The minimum Gasteiger partial charge on any atom is -0.481 e. The Bertz CT molecular complexity index is 566. The molecule has 2 rings (SSSR count). The molecule has 0 aliphatic carbocycles. The van der Waals surface area contributed by atoms with Gasteiger partial charge in [-0.15, -0.1) is 0 Å². The van der Waals surface area contributed by atoms with Gasteiger partial charge in [0.2, 0.25) is 0 Å². The van der Waals surface area contributed by atoms with Crippen LogP contribution < -0.4 is 5.32 Å². The van der Waals surface area contributed by atoms with Crippen LogP contribution in [0, 0.1) is 0 Å². The first kappa shape index (κ1) is 14.1. The number of para-hydroxylation sites is 1. The van der Waals surface area contributed by atoms with Gasteiger partial charge in [-0.1, -0.05) is 48.5 Å². The number of anilines is 1. The number of nitrogens with one attached hydrogen (secondary N) is 1. The summed E-state index contributed by atoms with van der Waals surface area (Å²) in [6.07, 6.45) is 0.792. The van der Waals surface area contributed by atoms with Crippen LogP contribution in [-0.4, -0.2) is 17.1 Å². The third-order valence-electron chi connectivity index (χ3n) is 3.20. The van der Waals surface area contributed by atoms with Crippen molar-refractivity contribution in [3.8, 4) is 11.1 Å². The van der Waals surface area contributed by atoms with E-state index in [0.717, 1.165) is 16.8 Å². The molecule has 0 aliphatic rings. The zero-order valence-corrected chi connectivity index (χ0v) is 11.5. The summed E-state index contributed by atoms with van der Waals surface area (Å²) < 4.78 is 0. The molecule has 2 N–H and O–H groups in total. The first-order valence-electron chi connectivity index (χ1n) is 6.79. The Balaban J connectivity index is 2.14. The third kappa shape index (κ3) is 3.85. The van der Waals surface area contributed by atoms with Crippen molar-refractivity contribution in [1.82, 2.24) is 0 Å². The number of hydrogen-bond donors (Lipinski definition) is 2. The molecule has 0 aromatic heterocycles. The van der Waals surface area contributed by atoms with Gasteiger partial charge < -0.3 is 10.4 Å². The molecule has 2 aromatic rings. The topological polar surface area (TPSA) is 49.3 Å². The fourth-order valence-electron chi connectivity index (χ4n) is 2.16. The summed E-state index contributed by atoms with van der Waals surface area (Å²) in [7, 11) is 0. The summed E-state index contributed by atoms with van der Waals surface area (Å²) in [4.78, 5) is 10.6. The van der Waals surface area contributed by atoms with E-state index in [0.29, 0.717) is 6.42 Å². The molecule has 0 fully saturated rings. The van der Waals surface area contributed by atoms with E-state index in [-0.39, 0.29) is 12.5 Å². The lowest BCUT2D eigenvalue weighted by molar-refractivity contribution is -0.137. The minimum atomic E-state index is -0.755. The van der Waals surface area contributed by atoms with Gasteiger partial charge in [-0.25, -0.2) is 0 Å². The van der Waals surface area contributed by atoms with Gasteiger partial charge in [0.15, 0.2) is 0 Å². The number of benzene rings is 2. The number of carboxylic acids is 1. The molecule has 20 heavy (non-hydrogen) atoms. The van der Waals surface area contributed by atoms with E-state index in [2.05, 4.69) is 23.5 Å².